The molecule has 0 unspecified atom stereocenters. The molecular formula is C2H7AlCl. The van der Waals surface area contributed by atoms with Gasteiger partial charge in [0.25, 0.3) is 0 Å². The summed E-state index contributed by atoms with van der Waals surface area (Å²) in [5.41, 5.74) is 0. The summed E-state index contributed by atoms with van der Waals surface area (Å²) < 4.78 is 0. The van der Waals surface area contributed by atoms with Gasteiger partial charge in [0.15, 0.2) is 0 Å². The molecular weight excluding hydrogens is 86.5 g/mol. The quantitative estimate of drug-likeness (QED) is 0.431. The molecule has 0 fully saturated rings. The zero-order chi connectivity index (χ0) is 3.41. The third kappa shape index (κ3) is 2.82. The van der Waals surface area contributed by atoms with Gasteiger partial charge in [0.1, 0.15) is 0 Å². The molecule has 0 bridgehead atoms. The van der Waals surface area contributed by atoms with Gasteiger partial charge in [0.2, 0.25) is 0 Å². The molecule has 0 rings (SSSR count). The summed E-state index contributed by atoms with van der Waals surface area (Å²) >= 11 is 0.255. The minimum absolute atomic E-state index is 0. The van der Waals surface area contributed by atoms with Crippen LogP contribution in [-0.4, -0.2) is 14.3 Å². The molecule has 2 heteroatoms. The van der Waals surface area contributed by atoms with E-state index < -0.39 is 0 Å². The number of hydrogen-bond acceptors (Lipinski definition) is 0. The Morgan fingerprint density at radius 1 is 2.25 bits per heavy atom. The van der Waals surface area contributed by atoms with Gasteiger partial charge in [-0.25, -0.2) is 0 Å². The van der Waals surface area contributed by atoms with Crippen molar-refractivity contribution in [3.05, 3.63) is 0 Å². The zero-order valence-corrected chi connectivity index (χ0v) is 4.57. The molecule has 0 N–H and O–H groups in total. The van der Waals surface area contributed by atoms with Crippen LogP contribution in [0.5, 0.6) is 0 Å². The second-order valence-corrected chi connectivity index (χ2v) is 2.61. The first kappa shape index (κ1) is 4.82. The Hall–Kier alpha value is 0.822. The summed E-state index contributed by atoms with van der Waals surface area (Å²) in [5.74, 6) is 0. The minimum atomic E-state index is 0. The van der Waals surface area contributed by atoms with Gasteiger partial charge in [0.05, 0.1) is 0 Å². The SMILES string of the molecule is C[CH2][Al][Cl].[HH]. The van der Waals surface area contributed by atoms with Crippen molar-refractivity contribution >= 4 is 24.3 Å². The monoisotopic (exact) mass is 93.0 g/mol. The van der Waals surface area contributed by atoms with E-state index in [0.717, 1.165) is 0 Å². The van der Waals surface area contributed by atoms with Crippen molar-refractivity contribution in [2.75, 3.05) is 0 Å². The van der Waals surface area contributed by atoms with E-state index in [4.69, 9.17) is 10.0 Å². The average Bonchev–Trinajstić information content (AvgIpc) is 1.37. The maximum atomic E-state index is 5.27. The number of rotatable bonds is 1. The predicted molar refractivity (Wildman–Crippen MR) is 24.2 cm³/mol. The van der Waals surface area contributed by atoms with Crippen LogP contribution in [0.25, 0.3) is 0 Å². The van der Waals surface area contributed by atoms with Crippen molar-refractivity contribution in [1.82, 2.24) is 0 Å². The third-order valence-corrected chi connectivity index (χ3v) is 1.39. The highest BCUT2D eigenvalue weighted by molar-refractivity contribution is 6.93. The average molecular weight is 93.5 g/mol. The molecule has 0 aliphatic carbocycles. The molecule has 0 aromatic carbocycles. The van der Waals surface area contributed by atoms with Crippen LogP contribution in [0.1, 0.15) is 8.35 Å². The topological polar surface area (TPSA) is 0 Å². The first-order valence-electron chi connectivity index (χ1n) is 1.33. The summed E-state index contributed by atoms with van der Waals surface area (Å²) in [4.78, 5) is 0. The van der Waals surface area contributed by atoms with E-state index in [-0.39, 0.29) is 15.7 Å². The molecule has 0 aliphatic rings. The molecule has 25 valence electrons. The van der Waals surface area contributed by atoms with E-state index in [1.807, 2.05) is 0 Å². The standard InChI is InChI=1S/C2H5.Al.ClH.H2/c1-2;;;/h1H2,2H3;;2*1H/q;+1;;/p-1. The van der Waals surface area contributed by atoms with Gasteiger partial charge >= 0.3 is 14.3 Å². The van der Waals surface area contributed by atoms with Gasteiger partial charge in [-0.15, -0.1) is 0 Å². The van der Waals surface area contributed by atoms with E-state index in [9.17, 15) is 0 Å². The summed E-state index contributed by atoms with van der Waals surface area (Å²) in [6, 6.07) is 0. The molecule has 0 nitrogen and oxygen atoms in total. The Kier molecular flexibility index (Phi) is 4.61. The van der Waals surface area contributed by atoms with Crippen LogP contribution in [0.15, 0.2) is 0 Å². The molecule has 0 saturated carbocycles. The highest BCUT2D eigenvalue weighted by Crippen LogP contribution is 1.73. The Labute approximate surface area is 38.6 Å². The number of hydrogen-bond donors (Lipinski definition) is 0. The fourth-order valence-electron chi connectivity index (χ4n) is 0. The summed E-state index contributed by atoms with van der Waals surface area (Å²) in [5, 5.41) is 1.17. The molecule has 0 spiro atoms. The molecule has 4 heavy (non-hydrogen) atoms. The molecule has 0 heterocycles. The Bertz CT molecular complexity index is 11.6. The Balaban J connectivity index is 0. The largest absolute Gasteiger partial charge is 0.355 e. The third-order valence-electron chi connectivity index (χ3n) is 0.154. The Morgan fingerprint density at radius 2 is 2.50 bits per heavy atom. The van der Waals surface area contributed by atoms with Crippen molar-refractivity contribution < 1.29 is 1.43 Å². The van der Waals surface area contributed by atoms with Gasteiger partial charge < -0.3 is 0 Å². The lowest BCUT2D eigenvalue weighted by Crippen LogP contribution is -1.61. The lowest BCUT2D eigenvalue weighted by molar-refractivity contribution is 1.47. The summed E-state index contributed by atoms with van der Waals surface area (Å²) in [6.07, 6.45) is 0. The lowest BCUT2D eigenvalue weighted by atomic mass is 11.0. The molecule has 0 amide bonds. The normalized spacial score (nSPS) is 6.50. The molecule has 0 aliphatic heterocycles. The van der Waals surface area contributed by atoms with Gasteiger partial charge in [-0.2, -0.15) is 0 Å². The van der Waals surface area contributed by atoms with Crippen LogP contribution in [0.3, 0.4) is 0 Å². The van der Waals surface area contributed by atoms with Crippen molar-refractivity contribution in [2.24, 2.45) is 0 Å². The van der Waals surface area contributed by atoms with Crippen molar-refractivity contribution in [2.45, 2.75) is 12.2 Å². The Morgan fingerprint density at radius 3 is 2.50 bits per heavy atom. The fraction of sp³-hybridized carbons (Fsp3) is 1.00. The van der Waals surface area contributed by atoms with Crippen LogP contribution >= 0.6 is 10.0 Å². The second kappa shape index (κ2) is 3.82. The lowest BCUT2D eigenvalue weighted by Gasteiger charge is -1.59. The minimum Gasteiger partial charge on any atom is -0.276 e. The molecule has 1 radical (unpaired) electrons. The van der Waals surface area contributed by atoms with Crippen molar-refractivity contribution in [1.29, 1.82) is 0 Å². The molecule has 0 aromatic heterocycles. The van der Waals surface area contributed by atoms with Crippen molar-refractivity contribution in [3.63, 3.8) is 0 Å². The maximum Gasteiger partial charge on any atom is 0.355 e. The van der Waals surface area contributed by atoms with E-state index in [2.05, 4.69) is 6.92 Å². The molecule has 0 aromatic rings. The van der Waals surface area contributed by atoms with E-state index in [1.54, 1.807) is 0 Å². The predicted octanol–water partition coefficient (Wildman–Crippen LogP) is 1.53. The van der Waals surface area contributed by atoms with Crippen LogP contribution in [0, 0.1) is 0 Å². The fourth-order valence-corrected chi connectivity index (χ4v) is 0. The second-order valence-electron chi connectivity index (χ2n) is 0.563. The highest BCUT2D eigenvalue weighted by atomic mass is 35.6. The van der Waals surface area contributed by atoms with Gasteiger partial charge in [-0.05, 0) is 0 Å². The van der Waals surface area contributed by atoms with E-state index >= 15 is 0 Å². The van der Waals surface area contributed by atoms with Crippen LogP contribution in [0.2, 0.25) is 5.28 Å². The van der Waals surface area contributed by atoms with E-state index in [1.165, 1.54) is 5.28 Å². The van der Waals surface area contributed by atoms with Crippen LogP contribution in [-0.2, 0) is 0 Å². The molecule has 0 saturated heterocycles. The van der Waals surface area contributed by atoms with Gasteiger partial charge in [0, 0.05) is 1.43 Å². The summed E-state index contributed by atoms with van der Waals surface area (Å²) in [6.45, 7) is 2.09. The first-order chi connectivity index (χ1) is 1.91. The van der Waals surface area contributed by atoms with Crippen molar-refractivity contribution in [3.8, 4) is 0 Å². The summed E-state index contributed by atoms with van der Waals surface area (Å²) in [7, 11) is 5.27. The first-order valence-corrected chi connectivity index (χ1v) is 3.90. The highest BCUT2D eigenvalue weighted by Gasteiger charge is 1.69. The van der Waals surface area contributed by atoms with Gasteiger partial charge in [-0.1, -0.05) is 12.2 Å². The number of halogens is 1. The maximum absolute atomic E-state index is 5.27. The smallest absolute Gasteiger partial charge is 0.276 e. The molecule has 0 atom stereocenters. The van der Waals surface area contributed by atoms with E-state index in [0.29, 0.717) is 0 Å². The van der Waals surface area contributed by atoms with Crippen LogP contribution in [0.4, 0.5) is 0 Å². The zero-order valence-electron chi connectivity index (χ0n) is 2.66. The van der Waals surface area contributed by atoms with Gasteiger partial charge in [-0.3, -0.25) is 10.0 Å². The van der Waals surface area contributed by atoms with Crippen LogP contribution < -0.4 is 0 Å².